The normalized spacial score (nSPS) is 36.4. The molecule has 3 heteroatoms. The molecule has 0 amide bonds. The second kappa shape index (κ2) is 5.24. The monoisotopic (exact) mass is 226 g/mol. The highest BCUT2D eigenvalue weighted by Crippen LogP contribution is 2.28. The fraction of sp³-hybridized carbons (Fsp3) is 0.917. The molecule has 15 heavy (non-hydrogen) atoms. The summed E-state index contributed by atoms with van der Waals surface area (Å²) in [5.74, 6) is 1.85. The Labute approximate surface area is 97.3 Å². The first-order valence-electron chi connectivity index (χ1n) is 6.19. The molecule has 0 bridgehead atoms. The second-order valence-corrected chi connectivity index (χ2v) is 6.51. The Hall–Kier alpha value is -0.180. The minimum Gasteiger partial charge on any atom is -0.365 e. The lowest BCUT2D eigenvalue weighted by molar-refractivity contribution is 0.290. The molecule has 1 fully saturated rings. The van der Waals surface area contributed by atoms with Crippen LogP contribution in [-0.4, -0.2) is 23.5 Å². The third kappa shape index (κ3) is 3.40. The highest BCUT2D eigenvalue weighted by atomic mass is 32.2. The van der Waals surface area contributed by atoms with Crippen LogP contribution in [0.1, 0.15) is 39.5 Å². The Balaban J connectivity index is 1.66. The number of rotatable bonds is 2. The number of amidine groups is 1. The van der Waals surface area contributed by atoms with Crippen molar-refractivity contribution in [1.82, 2.24) is 5.32 Å². The largest absolute Gasteiger partial charge is 0.365 e. The van der Waals surface area contributed by atoms with Crippen molar-refractivity contribution in [3.63, 3.8) is 0 Å². The standard InChI is InChI=1S/C12H22N2S/c1-9-3-5-11(6-4-9)8-14-12-13-7-10(2)15-12/h9-11H,3-8H2,1-2H3,(H,13,14). The lowest BCUT2D eigenvalue weighted by atomic mass is 9.83. The van der Waals surface area contributed by atoms with E-state index in [1.165, 1.54) is 30.9 Å². The maximum Gasteiger partial charge on any atom is 0.156 e. The van der Waals surface area contributed by atoms with E-state index in [1.807, 2.05) is 11.8 Å². The average molecular weight is 226 g/mol. The summed E-state index contributed by atoms with van der Waals surface area (Å²) >= 11 is 1.89. The van der Waals surface area contributed by atoms with Gasteiger partial charge >= 0.3 is 0 Å². The van der Waals surface area contributed by atoms with Gasteiger partial charge in [0.05, 0.1) is 6.54 Å². The molecule has 0 aromatic heterocycles. The molecule has 1 unspecified atom stereocenters. The summed E-state index contributed by atoms with van der Waals surface area (Å²) in [5, 5.41) is 5.37. The van der Waals surface area contributed by atoms with Gasteiger partial charge in [-0.05, 0) is 24.7 Å². The van der Waals surface area contributed by atoms with Crippen molar-refractivity contribution in [2.24, 2.45) is 16.8 Å². The van der Waals surface area contributed by atoms with Gasteiger partial charge in [0.1, 0.15) is 0 Å². The van der Waals surface area contributed by atoms with Gasteiger partial charge in [-0.25, -0.2) is 0 Å². The molecule has 86 valence electrons. The van der Waals surface area contributed by atoms with Gasteiger partial charge in [0, 0.05) is 11.8 Å². The smallest absolute Gasteiger partial charge is 0.156 e. The van der Waals surface area contributed by atoms with E-state index in [2.05, 4.69) is 24.2 Å². The molecule has 0 spiro atoms. The van der Waals surface area contributed by atoms with Crippen LogP contribution in [0, 0.1) is 11.8 Å². The Morgan fingerprint density at radius 1 is 1.27 bits per heavy atom. The summed E-state index contributed by atoms with van der Waals surface area (Å²) in [4.78, 5) is 4.48. The van der Waals surface area contributed by atoms with E-state index in [0.29, 0.717) is 5.25 Å². The van der Waals surface area contributed by atoms with Crippen molar-refractivity contribution in [3.05, 3.63) is 0 Å². The van der Waals surface area contributed by atoms with Crippen LogP contribution in [0.3, 0.4) is 0 Å². The van der Waals surface area contributed by atoms with Gasteiger partial charge in [-0.15, -0.1) is 0 Å². The molecule has 2 nitrogen and oxygen atoms in total. The SMILES string of the molecule is CC1CCC(CNC2=NCC(C)S2)CC1. The van der Waals surface area contributed by atoms with Crippen LogP contribution < -0.4 is 5.32 Å². The summed E-state index contributed by atoms with van der Waals surface area (Å²) in [7, 11) is 0. The lowest BCUT2D eigenvalue weighted by Gasteiger charge is -2.26. The summed E-state index contributed by atoms with van der Waals surface area (Å²) in [6.07, 6.45) is 5.65. The summed E-state index contributed by atoms with van der Waals surface area (Å²) < 4.78 is 0. The Kier molecular flexibility index (Phi) is 3.95. The molecule has 0 saturated heterocycles. The Morgan fingerprint density at radius 2 is 2.00 bits per heavy atom. The predicted molar refractivity (Wildman–Crippen MR) is 68.5 cm³/mol. The fourth-order valence-corrected chi connectivity index (χ4v) is 3.18. The predicted octanol–water partition coefficient (Wildman–Crippen LogP) is 2.89. The minimum atomic E-state index is 0.680. The molecule has 0 aromatic rings. The average Bonchev–Trinajstić information content (AvgIpc) is 2.64. The van der Waals surface area contributed by atoms with Crippen LogP contribution in [-0.2, 0) is 0 Å². The molecule has 2 rings (SSSR count). The summed E-state index contributed by atoms with van der Waals surface area (Å²) in [6, 6.07) is 0. The van der Waals surface area contributed by atoms with E-state index in [-0.39, 0.29) is 0 Å². The molecule has 1 N–H and O–H groups in total. The molecular formula is C12H22N2S. The van der Waals surface area contributed by atoms with Crippen molar-refractivity contribution < 1.29 is 0 Å². The van der Waals surface area contributed by atoms with Crippen molar-refractivity contribution in [3.8, 4) is 0 Å². The number of nitrogens with one attached hydrogen (secondary N) is 1. The highest BCUT2D eigenvalue weighted by molar-refractivity contribution is 8.14. The van der Waals surface area contributed by atoms with E-state index in [9.17, 15) is 0 Å². The highest BCUT2D eigenvalue weighted by Gasteiger charge is 2.20. The lowest BCUT2D eigenvalue weighted by Crippen LogP contribution is -2.28. The van der Waals surface area contributed by atoms with Crippen LogP contribution in [0.4, 0.5) is 0 Å². The van der Waals surface area contributed by atoms with Crippen LogP contribution in [0.5, 0.6) is 0 Å². The van der Waals surface area contributed by atoms with Crippen LogP contribution in [0.2, 0.25) is 0 Å². The quantitative estimate of drug-likeness (QED) is 0.783. The van der Waals surface area contributed by atoms with Crippen LogP contribution in [0.15, 0.2) is 4.99 Å². The van der Waals surface area contributed by atoms with Gasteiger partial charge in [-0.2, -0.15) is 0 Å². The summed E-state index contributed by atoms with van der Waals surface area (Å²) in [5.41, 5.74) is 0. The van der Waals surface area contributed by atoms with E-state index in [1.54, 1.807) is 0 Å². The van der Waals surface area contributed by atoms with Crippen molar-refractivity contribution in [1.29, 1.82) is 0 Å². The third-order valence-electron chi connectivity index (χ3n) is 3.48. The van der Waals surface area contributed by atoms with Gasteiger partial charge in [0.25, 0.3) is 0 Å². The minimum absolute atomic E-state index is 0.680. The maximum absolute atomic E-state index is 4.48. The zero-order valence-electron chi connectivity index (χ0n) is 9.83. The van der Waals surface area contributed by atoms with Gasteiger partial charge in [-0.1, -0.05) is 38.5 Å². The zero-order chi connectivity index (χ0) is 10.7. The van der Waals surface area contributed by atoms with E-state index >= 15 is 0 Å². The molecule has 1 aliphatic heterocycles. The van der Waals surface area contributed by atoms with Crippen LogP contribution in [0.25, 0.3) is 0 Å². The first kappa shape index (κ1) is 11.3. The van der Waals surface area contributed by atoms with Gasteiger partial charge in [0.15, 0.2) is 5.17 Å². The van der Waals surface area contributed by atoms with Crippen molar-refractivity contribution >= 4 is 16.9 Å². The van der Waals surface area contributed by atoms with Crippen LogP contribution >= 0.6 is 11.8 Å². The fourth-order valence-electron chi connectivity index (χ4n) is 2.34. The molecule has 1 atom stereocenters. The van der Waals surface area contributed by atoms with Gasteiger partial charge < -0.3 is 5.32 Å². The van der Waals surface area contributed by atoms with E-state index < -0.39 is 0 Å². The molecule has 2 aliphatic rings. The Bertz CT molecular complexity index is 232. The number of hydrogen-bond acceptors (Lipinski definition) is 3. The van der Waals surface area contributed by atoms with Gasteiger partial charge in [0.2, 0.25) is 0 Å². The molecule has 0 radical (unpaired) electrons. The molecule has 1 heterocycles. The third-order valence-corrected chi connectivity index (χ3v) is 4.53. The number of thioether (sulfide) groups is 1. The van der Waals surface area contributed by atoms with Gasteiger partial charge in [-0.3, -0.25) is 4.99 Å². The number of aliphatic imine (C=N–C) groups is 1. The van der Waals surface area contributed by atoms with E-state index in [4.69, 9.17) is 0 Å². The molecule has 1 saturated carbocycles. The molecular weight excluding hydrogens is 204 g/mol. The Morgan fingerprint density at radius 3 is 2.60 bits per heavy atom. The molecule has 0 aromatic carbocycles. The topological polar surface area (TPSA) is 24.4 Å². The maximum atomic E-state index is 4.48. The zero-order valence-corrected chi connectivity index (χ0v) is 10.6. The second-order valence-electron chi connectivity index (χ2n) is 5.08. The number of hydrogen-bond donors (Lipinski definition) is 1. The first-order valence-corrected chi connectivity index (χ1v) is 7.07. The van der Waals surface area contributed by atoms with Crippen molar-refractivity contribution in [2.75, 3.05) is 13.1 Å². The molecule has 1 aliphatic carbocycles. The summed E-state index contributed by atoms with van der Waals surface area (Å²) in [6.45, 7) is 6.76. The van der Waals surface area contributed by atoms with E-state index in [0.717, 1.165) is 24.9 Å². The first-order chi connectivity index (χ1) is 7.24. The van der Waals surface area contributed by atoms with Crippen molar-refractivity contribution in [2.45, 2.75) is 44.8 Å². The number of nitrogens with zero attached hydrogens (tertiary/aromatic N) is 1.